The van der Waals surface area contributed by atoms with Crippen molar-refractivity contribution in [1.82, 2.24) is 14.1 Å². The van der Waals surface area contributed by atoms with Crippen LogP contribution in [0.25, 0.3) is 72.3 Å². The van der Waals surface area contributed by atoms with Gasteiger partial charge in [-0.15, -0.1) is 29.7 Å². The average molecular weight is 931 g/mol. The summed E-state index contributed by atoms with van der Waals surface area (Å²) >= 11 is 0. The molecule has 10 aromatic rings. The van der Waals surface area contributed by atoms with E-state index in [0.717, 1.165) is 0 Å². The van der Waals surface area contributed by atoms with E-state index in [1.165, 1.54) is 6.07 Å². The van der Waals surface area contributed by atoms with Gasteiger partial charge in [0.2, 0.25) is 0 Å². The number of imidazole rings is 1. The van der Waals surface area contributed by atoms with E-state index in [0.29, 0.717) is 39.0 Å². The molecule has 10 rings (SSSR count). The van der Waals surface area contributed by atoms with Gasteiger partial charge in [0.15, 0.2) is 0 Å². The van der Waals surface area contributed by atoms with Crippen LogP contribution in [0.5, 0.6) is 11.5 Å². The van der Waals surface area contributed by atoms with Crippen LogP contribution in [0, 0.1) is 18.5 Å². The molecule has 0 aliphatic heterocycles. The first-order valence-electron chi connectivity index (χ1n) is 25.1. The SMILES string of the molecule is [2H]c1c([2H])c([2H])c(-c2cccc(-c3c([2H])c([2H])c([2H])c([2H])c3[2H])c2-[n+]2[c-]n(-c3[c-]c(Oc4[c-]c5c(cc4)c4c([2H])c([2H])c([2H])c([2H])c4n5-c4cc(C([2H])(C)C)ccn4)ccc3)c3ccccc32)c([2H])c1[2H].[Pt]. The van der Waals surface area contributed by atoms with Gasteiger partial charge < -0.3 is 13.9 Å². The minimum absolute atomic E-state index is 0. The van der Waals surface area contributed by atoms with Crippen LogP contribution < -0.4 is 9.30 Å². The summed E-state index contributed by atoms with van der Waals surface area (Å²) in [6, 6.07) is 23.1. The number of ether oxygens (including phenoxy) is 1. The van der Waals surface area contributed by atoms with Gasteiger partial charge in [-0.3, -0.25) is 4.57 Å². The van der Waals surface area contributed by atoms with Crippen LogP contribution in [-0.2, 0) is 21.1 Å². The van der Waals surface area contributed by atoms with Crippen LogP contribution in [0.1, 0.15) is 45.9 Å². The molecule has 0 saturated carbocycles. The summed E-state index contributed by atoms with van der Waals surface area (Å²) in [7, 11) is 0. The molecule has 0 saturated heterocycles. The summed E-state index contributed by atoms with van der Waals surface area (Å²) < 4.78 is 141. The largest absolute Gasteiger partial charge is 0.510 e. The third kappa shape index (κ3) is 6.54. The molecule has 0 aliphatic carbocycles. The first kappa shape index (κ1) is 22.9. The van der Waals surface area contributed by atoms with Gasteiger partial charge in [0, 0.05) is 45.6 Å². The van der Waals surface area contributed by atoms with Crippen molar-refractivity contribution < 1.29 is 50.9 Å². The Morgan fingerprint density at radius 1 is 0.684 bits per heavy atom. The van der Waals surface area contributed by atoms with Gasteiger partial charge in [0.25, 0.3) is 6.33 Å². The van der Waals surface area contributed by atoms with E-state index in [1.807, 2.05) is 0 Å². The van der Waals surface area contributed by atoms with Crippen LogP contribution in [0.3, 0.4) is 0 Å². The van der Waals surface area contributed by atoms with Gasteiger partial charge in [-0.25, -0.2) is 4.98 Å². The van der Waals surface area contributed by atoms with Gasteiger partial charge >= 0.3 is 0 Å². The number of nitrogens with zero attached hydrogens (tertiary/aromatic N) is 4. The molecule has 0 radical (unpaired) electrons. The Balaban J connectivity index is 0.00000640. The number of para-hydroxylation sites is 4. The van der Waals surface area contributed by atoms with Crippen LogP contribution in [-0.4, -0.2) is 14.1 Å². The number of hydrogen-bond acceptors (Lipinski definition) is 2. The summed E-state index contributed by atoms with van der Waals surface area (Å²) in [5.74, 6) is -0.315. The molecule has 278 valence electrons. The summed E-state index contributed by atoms with van der Waals surface area (Å²) in [4.78, 5) is 4.58. The van der Waals surface area contributed by atoms with Gasteiger partial charge in [-0.2, -0.15) is 18.2 Å². The standard InChI is InChI=1S/C51H36N4O.Pt/c1-35(2)38-29-30-52-50(31-38)55-46-24-10-9-21-44(46)45-28-27-41(33-49(45)55)56-40-20-13-19-39(32-40)53-34-54(48-26-12-11-25-47(48)53)51-42(36-15-5-3-6-16-36)22-14-23-43(51)37-17-7-4-8-18-37;/h3-31,35H,1-2H3;/q-2;/i3D,4D,5D,6D,7D,8D,9D,10D,15D,16D,17D,18D,21D,24D,35D;. The summed E-state index contributed by atoms with van der Waals surface area (Å²) in [6.45, 7) is 3.46. The molecular weight excluding hydrogens is 880 g/mol. The second-order valence-corrected chi connectivity index (χ2v) is 13.0. The molecule has 6 heteroatoms. The smallest absolute Gasteiger partial charge is 0.268 e. The maximum atomic E-state index is 8.98. The number of hydrogen-bond donors (Lipinski definition) is 0. The van der Waals surface area contributed by atoms with Crippen LogP contribution >= 0.6 is 0 Å². The Hall–Kier alpha value is -6.55. The molecule has 3 aromatic heterocycles. The number of rotatable bonds is 8. The monoisotopic (exact) mass is 930 g/mol. The van der Waals surface area contributed by atoms with Crippen LogP contribution in [0.15, 0.2) is 176 Å². The Labute approximate surface area is 367 Å². The van der Waals surface area contributed by atoms with E-state index >= 15 is 0 Å². The Morgan fingerprint density at radius 2 is 1.37 bits per heavy atom. The number of benzene rings is 7. The zero-order valence-electron chi connectivity index (χ0n) is 45.2. The van der Waals surface area contributed by atoms with E-state index in [4.69, 9.17) is 25.3 Å². The second-order valence-electron chi connectivity index (χ2n) is 13.0. The van der Waals surface area contributed by atoms with Crippen molar-refractivity contribution in [3.05, 3.63) is 200 Å². The zero-order valence-corrected chi connectivity index (χ0v) is 32.4. The second kappa shape index (κ2) is 15.2. The normalized spacial score (nSPS) is 15.2. The van der Waals surface area contributed by atoms with Crippen molar-refractivity contribution in [2.45, 2.75) is 19.7 Å². The predicted octanol–water partition coefficient (Wildman–Crippen LogP) is 12.0. The predicted molar refractivity (Wildman–Crippen MR) is 225 cm³/mol. The molecule has 0 spiro atoms. The van der Waals surface area contributed by atoms with Crippen molar-refractivity contribution in [3.63, 3.8) is 0 Å². The molecule has 0 amide bonds. The zero-order chi connectivity index (χ0) is 50.7. The molecule has 3 heterocycles. The number of pyridine rings is 1. The van der Waals surface area contributed by atoms with Crippen LogP contribution in [0.2, 0.25) is 0 Å². The van der Waals surface area contributed by atoms with Crippen molar-refractivity contribution >= 4 is 32.8 Å². The molecule has 0 bridgehead atoms. The van der Waals surface area contributed by atoms with E-state index in [-0.39, 0.29) is 83.5 Å². The molecule has 0 N–H and O–H groups in total. The van der Waals surface area contributed by atoms with Crippen molar-refractivity contribution in [1.29, 1.82) is 0 Å². The quantitative estimate of drug-likeness (QED) is 0.112. The Morgan fingerprint density at radius 3 is 2.12 bits per heavy atom. The molecule has 0 atom stereocenters. The molecule has 0 aliphatic rings. The fourth-order valence-corrected chi connectivity index (χ4v) is 6.87. The Kier molecular flexibility index (Phi) is 6.09. The number of aromatic nitrogens is 4. The first-order chi connectivity index (χ1) is 33.7. The molecule has 57 heavy (non-hydrogen) atoms. The molecule has 0 unspecified atom stereocenters. The third-order valence-corrected chi connectivity index (χ3v) is 9.41. The van der Waals surface area contributed by atoms with Gasteiger partial charge in [0.1, 0.15) is 5.82 Å². The van der Waals surface area contributed by atoms with Crippen molar-refractivity contribution in [2.75, 3.05) is 0 Å². The van der Waals surface area contributed by atoms with Gasteiger partial charge in [-0.05, 0) is 63.0 Å². The molecule has 5 nitrogen and oxygen atoms in total. The van der Waals surface area contributed by atoms with Crippen molar-refractivity contribution in [2.24, 2.45) is 0 Å². The summed E-state index contributed by atoms with van der Waals surface area (Å²) in [5, 5.41) is 0.713. The molecule has 7 aromatic carbocycles. The van der Waals surface area contributed by atoms with E-state index in [2.05, 4.69) is 23.4 Å². The fraction of sp³-hybridized carbons (Fsp3) is 0.0588. The van der Waals surface area contributed by atoms with Crippen LogP contribution in [0.4, 0.5) is 0 Å². The van der Waals surface area contributed by atoms with Gasteiger partial charge in [0.05, 0.1) is 35.9 Å². The topological polar surface area (TPSA) is 35.9 Å². The minimum Gasteiger partial charge on any atom is -0.510 e. The molecular formula is C51H36N4OPt-2. The fourth-order valence-electron chi connectivity index (χ4n) is 6.87. The first-order valence-corrected chi connectivity index (χ1v) is 17.6. The number of fused-ring (bicyclic) bond motifs is 4. The summed E-state index contributed by atoms with van der Waals surface area (Å²) in [5.41, 5.74) is 2.45. The average Bonchev–Trinajstić information content (AvgIpc) is 3.91. The van der Waals surface area contributed by atoms with E-state index in [1.54, 1.807) is 113 Å². The van der Waals surface area contributed by atoms with Crippen molar-refractivity contribution in [3.8, 4) is 50.9 Å². The maximum Gasteiger partial charge on any atom is 0.268 e. The Bertz CT molecular complexity index is 3780. The van der Waals surface area contributed by atoms with E-state index in [9.17, 15) is 0 Å². The van der Waals surface area contributed by atoms with Gasteiger partial charge in [-0.1, -0.05) is 140 Å². The summed E-state index contributed by atoms with van der Waals surface area (Å²) in [6.07, 6.45) is 4.88. The molecule has 0 fully saturated rings. The maximum absolute atomic E-state index is 8.98. The minimum atomic E-state index is -1.02. The third-order valence-electron chi connectivity index (χ3n) is 9.41. The van der Waals surface area contributed by atoms with E-state index < -0.39 is 78.4 Å².